The van der Waals surface area contributed by atoms with Crippen LogP contribution in [-0.2, 0) is 4.74 Å². The number of nitrogens with zero attached hydrogens (tertiary/aromatic N) is 2. The first kappa shape index (κ1) is 16.5. The van der Waals surface area contributed by atoms with Gasteiger partial charge in [-0.15, -0.1) is 0 Å². The van der Waals surface area contributed by atoms with E-state index >= 15 is 0 Å². The summed E-state index contributed by atoms with van der Waals surface area (Å²) in [7, 11) is 0. The molecule has 0 saturated carbocycles. The van der Waals surface area contributed by atoms with E-state index in [0.717, 1.165) is 25.0 Å². The average molecular weight is 337 g/mol. The average Bonchev–Trinajstić information content (AvgIpc) is 2.79. The van der Waals surface area contributed by atoms with Gasteiger partial charge in [-0.1, -0.05) is 0 Å². The van der Waals surface area contributed by atoms with Crippen molar-refractivity contribution in [3.63, 3.8) is 0 Å². The summed E-state index contributed by atoms with van der Waals surface area (Å²) in [6.45, 7) is 2.11. The van der Waals surface area contributed by atoms with Gasteiger partial charge in [0.05, 0.1) is 11.5 Å². The highest BCUT2D eigenvalue weighted by atomic mass is 19.1. The van der Waals surface area contributed by atoms with Crippen LogP contribution in [-0.4, -0.2) is 40.6 Å². The SMILES string of the molecule is CCOC(=O)N1C2CCC1CC(Nc1cc(F)ccc1[N+](=O)[O-])C2. The van der Waals surface area contributed by atoms with E-state index in [1.54, 1.807) is 11.8 Å². The maximum Gasteiger partial charge on any atom is 0.410 e. The van der Waals surface area contributed by atoms with Crippen molar-refractivity contribution in [1.82, 2.24) is 4.90 Å². The fraction of sp³-hybridized carbons (Fsp3) is 0.562. The molecule has 2 aliphatic rings. The number of piperidine rings is 1. The quantitative estimate of drug-likeness (QED) is 0.673. The number of carbonyl (C=O) groups excluding carboxylic acids is 1. The van der Waals surface area contributed by atoms with Gasteiger partial charge in [0.15, 0.2) is 0 Å². The smallest absolute Gasteiger partial charge is 0.410 e. The third kappa shape index (κ3) is 3.13. The van der Waals surface area contributed by atoms with E-state index in [1.165, 1.54) is 6.07 Å². The lowest BCUT2D eigenvalue weighted by atomic mass is 9.97. The first-order chi connectivity index (χ1) is 11.5. The lowest BCUT2D eigenvalue weighted by Crippen LogP contribution is -2.49. The van der Waals surface area contributed by atoms with Gasteiger partial charge < -0.3 is 15.0 Å². The molecule has 1 amide bonds. The molecule has 24 heavy (non-hydrogen) atoms. The van der Waals surface area contributed by atoms with Gasteiger partial charge in [0, 0.05) is 30.3 Å². The molecule has 0 radical (unpaired) electrons. The maximum atomic E-state index is 13.5. The number of fused-ring (bicyclic) bond motifs is 2. The van der Waals surface area contributed by atoms with Gasteiger partial charge in [-0.2, -0.15) is 0 Å². The zero-order chi connectivity index (χ0) is 17.3. The molecule has 0 aromatic heterocycles. The van der Waals surface area contributed by atoms with Crippen LogP contribution in [0.15, 0.2) is 18.2 Å². The van der Waals surface area contributed by atoms with Crippen LogP contribution in [0.5, 0.6) is 0 Å². The molecule has 1 N–H and O–H groups in total. The van der Waals surface area contributed by atoms with E-state index in [-0.39, 0.29) is 35.6 Å². The summed E-state index contributed by atoms with van der Waals surface area (Å²) in [6, 6.07) is 3.49. The van der Waals surface area contributed by atoms with Gasteiger partial charge in [-0.05, 0) is 38.7 Å². The minimum absolute atomic E-state index is 0.0336. The largest absolute Gasteiger partial charge is 0.450 e. The molecule has 1 aromatic rings. The van der Waals surface area contributed by atoms with E-state index in [1.807, 2.05) is 0 Å². The lowest BCUT2D eigenvalue weighted by molar-refractivity contribution is -0.384. The molecule has 2 bridgehead atoms. The molecule has 7 nitrogen and oxygen atoms in total. The van der Waals surface area contributed by atoms with E-state index in [2.05, 4.69) is 5.32 Å². The van der Waals surface area contributed by atoms with E-state index in [9.17, 15) is 19.3 Å². The van der Waals surface area contributed by atoms with E-state index in [4.69, 9.17) is 4.74 Å². The van der Waals surface area contributed by atoms with Crippen molar-refractivity contribution in [3.05, 3.63) is 34.1 Å². The topological polar surface area (TPSA) is 84.7 Å². The number of anilines is 1. The summed E-state index contributed by atoms with van der Waals surface area (Å²) in [5.74, 6) is -0.518. The summed E-state index contributed by atoms with van der Waals surface area (Å²) in [4.78, 5) is 24.4. The maximum absolute atomic E-state index is 13.5. The van der Waals surface area contributed by atoms with Crippen molar-refractivity contribution in [3.8, 4) is 0 Å². The Morgan fingerprint density at radius 3 is 2.67 bits per heavy atom. The Bertz CT molecular complexity index is 640. The van der Waals surface area contributed by atoms with Crippen molar-refractivity contribution in [2.24, 2.45) is 0 Å². The molecule has 0 aliphatic carbocycles. The van der Waals surface area contributed by atoms with E-state index in [0.29, 0.717) is 19.4 Å². The first-order valence-electron chi connectivity index (χ1n) is 8.15. The van der Waals surface area contributed by atoms with Gasteiger partial charge in [0.1, 0.15) is 11.5 Å². The van der Waals surface area contributed by atoms with Crippen molar-refractivity contribution >= 4 is 17.5 Å². The van der Waals surface area contributed by atoms with Crippen LogP contribution in [0, 0.1) is 15.9 Å². The lowest BCUT2D eigenvalue weighted by Gasteiger charge is -2.38. The zero-order valence-electron chi connectivity index (χ0n) is 13.4. The Kier molecular flexibility index (Phi) is 4.55. The van der Waals surface area contributed by atoms with Crippen molar-refractivity contribution < 1.29 is 18.8 Å². The third-order valence-corrected chi connectivity index (χ3v) is 4.73. The summed E-state index contributed by atoms with van der Waals surface area (Å²) in [5.41, 5.74) is 0.0468. The number of carbonyl (C=O) groups is 1. The summed E-state index contributed by atoms with van der Waals surface area (Å²) in [6.07, 6.45) is 2.84. The minimum atomic E-state index is -0.524. The number of rotatable bonds is 4. The van der Waals surface area contributed by atoms with Crippen LogP contribution in [0.1, 0.15) is 32.6 Å². The molecule has 2 unspecified atom stereocenters. The molecular formula is C16H20FN3O4. The van der Waals surface area contributed by atoms with Gasteiger partial charge in [-0.3, -0.25) is 10.1 Å². The zero-order valence-corrected chi connectivity index (χ0v) is 13.4. The molecule has 2 saturated heterocycles. The fourth-order valence-electron chi connectivity index (χ4n) is 3.79. The van der Waals surface area contributed by atoms with Gasteiger partial charge >= 0.3 is 6.09 Å². The molecule has 2 aliphatic heterocycles. The molecule has 0 spiro atoms. The Labute approximate surface area is 138 Å². The summed E-state index contributed by atoms with van der Waals surface area (Å²) >= 11 is 0. The summed E-state index contributed by atoms with van der Waals surface area (Å²) < 4.78 is 18.6. The first-order valence-corrected chi connectivity index (χ1v) is 8.15. The molecule has 1 aromatic carbocycles. The Morgan fingerprint density at radius 1 is 1.42 bits per heavy atom. The number of benzene rings is 1. The second-order valence-corrected chi connectivity index (χ2v) is 6.22. The number of nitro benzene ring substituents is 1. The van der Waals surface area contributed by atoms with Crippen LogP contribution in [0.3, 0.4) is 0 Å². The van der Waals surface area contributed by atoms with Crippen LogP contribution in [0.25, 0.3) is 0 Å². The van der Waals surface area contributed by atoms with Gasteiger partial charge in [-0.25, -0.2) is 9.18 Å². The van der Waals surface area contributed by atoms with Gasteiger partial charge in [0.2, 0.25) is 0 Å². The number of nitrogens with one attached hydrogen (secondary N) is 1. The van der Waals surface area contributed by atoms with Crippen LogP contribution < -0.4 is 5.32 Å². The molecule has 130 valence electrons. The fourth-order valence-corrected chi connectivity index (χ4v) is 3.79. The van der Waals surface area contributed by atoms with Crippen LogP contribution in [0.2, 0.25) is 0 Å². The van der Waals surface area contributed by atoms with E-state index < -0.39 is 10.7 Å². The minimum Gasteiger partial charge on any atom is -0.450 e. The Morgan fingerprint density at radius 2 is 2.08 bits per heavy atom. The standard InChI is InChI=1S/C16H20FN3O4/c1-2-24-16(21)19-12-4-5-13(19)9-11(8-12)18-14-7-10(17)3-6-15(14)20(22)23/h3,6-7,11-13,18H,2,4-5,8-9H2,1H3. The monoisotopic (exact) mass is 337 g/mol. The normalized spacial score (nSPS) is 25.4. The van der Waals surface area contributed by atoms with Crippen LogP contribution in [0.4, 0.5) is 20.6 Å². The highest BCUT2D eigenvalue weighted by Crippen LogP contribution is 2.38. The molecule has 2 fully saturated rings. The number of ether oxygens (including phenoxy) is 1. The number of hydrogen-bond donors (Lipinski definition) is 1. The predicted molar refractivity (Wildman–Crippen MR) is 85.4 cm³/mol. The second kappa shape index (κ2) is 6.62. The third-order valence-electron chi connectivity index (χ3n) is 4.73. The van der Waals surface area contributed by atoms with Crippen molar-refractivity contribution in [2.75, 3.05) is 11.9 Å². The number of nitro groups is 1. The highest BCUT2D eigenvalue weighted by Gasteiger charge is 2.44. The van der Waals surface area contributed by atoms with Gasteiger partial charge in [0.25, 0.3) is 5.69 Å². The molecule has 2 heterocycles. The molecule has 2 atom stereocenters. The number of amides is 1. The molecule has 3 rings (SSSR count). The Hall–Kier alpha value is -2.38. The summed E-state index contributed by atoms with van der Waals surface area (Å²) in [5, 5.41) is 14.2. The van der Waals surface area contributed by atoms with Crippen molar-refractivity contribution in [1.29, 1.82) is 0 Å². The second-order valence-electron chi connectivity index (χ2n) is 6.22. The van der Waals surface area contributed by atoms with Crippen LogP contribution >= 0.6 is 0 Å². The van der Waals surface area contributed by atoms with Crippen molar-refractivity contribution in [2.45, 2.75) is 50.7 Å². The molecule has 8 heteroatoms. The highest BCUT2D eigenvalue weighted by molar-refractivity contribution is 5.69. The number of hydrogen-bond acceptors (Lipinski definition) is 5. The number of halogens is 1. The Balaban J connectivity index is 1.73. The predicted octanol–water partition coefficient (Wildman–Crippen LogP) is 3.30. The molecular weight excluding hydrogens is 317 g/mol.